The van der Waals surface area contributed by atoms with Gasteiger partial charge in [-0.2, -0.15) is 5.26 Å². The molecule has 1 heterocycles. The smallest absolute Gasteiger partial charge is 0.101 e. The van der Waals surface area contributed by atoms with Crippen LogP contribution in [0.15, 0.2) is 18.2 Å². The Morgan fingerprint density at radius 3 is 3.00 bits per heavy atom. The van der Waals surface area contributed by atoms with E-state index in [4.69, 9.17) is 11.0 Å². The molecule has 2 atom stereocenters. The van der Waals surface area contributed by atoms with Crippen LogP contribution in [0.5, 0.6) is 0 Å². The third-order valence-electron chi connectivity index (χ3n) is 4.97. The van der Waals surface area contributed by atoms with Crippen molar-refractivity contribution in [2.24, 2.45) is 5.92 Å². The summed E-state index contributed by atoms with van der Waals surface area (Å²) in [6.07, 6.45) is 5.16. The van der Waals surface area contributed by atoms with Crippen molar-refractivity contribution in [1.82, 2.24) is 0 Å². The monoisotopic (exact) mass is 271 g/mol. The molecule has 2 aliphatic rings. The van der Waals surface area contributed by atoms with Crippen LogP contribution in [0.25, 0.3) is 0 Å². The van der Waals surface area contributed by atoms with Crippen molar-refractivity contribution in [2.45, 2.75) is 37.7 Å². The largest absolute Gasteiger partial charge is 0.396 e. The van der Waals surface area contributed by atoms with Crippen molar-refractivity contribution in [3.8, 4) is 6.07 Å². The molecule has 20 heavy (non-hydrogen) atoms. The molecule has 0 amide bonds. The van der Waals surface area contributed by atoms with Gasteiger partial charge in [-0.05, 0) is 31.4 Å². The molecule has 1 aromatic carbocycles. The van der Waals surface area contributed by atoms with Crippen molar-refractivity contribution in [2.75, 3.05) is 23.7 Å². The lowest BCUT2D eigenvalue weighted by Gasteiger charge is -2.48. The molecule has 4 nitrogen and oxygen atoms in total. The van der Waals surface area contributed by atoms with Gasteiger partial charge < -0.3 is 15.7 Å². The Morgan fingerprint density at radius 1 is 1.35 bits per heavy atom. The summed E-state index contributed by atoms with van der Waals surface area (Å²) in [5.41, 5.74) is 7.66. The predicted molar refractivity (Wildman–Crippen MR) is 79.3 cm³/mol. The fraction of sp³-hybridized carbons (Fsp3) is 0.562. The molecule has 1 aliphatic heterocycles. The van der Waals surface area contributed by atoms with E-state index in [0.717, 1.165) is 44.5 Å². The minimum absolute atomic E-state index is 0.329. The number of aliphatic hydroxyl groups is 1. The number of nitrogens with two attached hydrogens (primary N) is 1. The number of nitrogen functional groups attached to an aromatic ring is 1. The first-order chi connectivity index (χ1) is 9.64. The lowest BCUT2D eigenvalue weighted by Crippen LogP contribution is -2.53. The summed E-state index contributed by atoms with van der Waals surface area (Å²) in [6, 6.07) is 7.74. The van der Waals surface area contributed by atoms with E-state index in [9.17, 15) is 5.11 Å². The maximum absolute atomic E-state index is 10.7. The van der Waals surface area contributed by atoms with Crippen LogP contribution < -0.4 is 10.6 Å². The van der Waals surface area contributed by atoms with E-state index in [-0.39, 0.29) is 0 Å². The van der Waals surface area contributed by atoms with Gasteiger partial charge in [0.2, 0.25) is 0 Å². The molecule has 2 fully saturated rings. The van der Waals surface area contributed by atoms with Gasteiger partial charge >= 0.3 is 0 Å². The Hall–Kier alpha value is -1.73. The molecule has 0 radical (unpaired) electrons. The van der Waals surface area contributed by atoms with Crippen LogP contribution in [0.4, 0.5) is 11.4 Å². The molecule has 3 N–H and O–H groups in total. The van der Waals surface area contributed by atoms with Crippen LogP contribution in [0.1, 0.15) is 37.7 Å². The molecule has 4 heteroatoms. The lowest BCUT2D eigenvalue weighted by molar-refractivity contribution is -0.0612. The zero-order valence-electron chi connectivity index (χ0n) is 11.7. The van der Waals surface area contributed by atoms with E-state index in [1.165, 1.54) is 6.42 Å². The summed E-state index contributed by atoms with van der Waals surface area (Å²) in [5, 5.41) is 19.8. The van der Waals surface area contributed by atoms with Crippen LogP contribution in [-0.4, -0.2) is 23.8 Å². The van der Waals surface area contributed by atoms with Gasteiger partial charge in [0.05, 0.1) is 22.5 Å². The summed E-state index contributed by atoms with van der Waals surface area (Å²) < 4.78 is 0. The number of hydrogen-bond acceptors (Lipinski definition) is 4. The molecule has 3 rings (SSSR count). The molecule has 1 saturated carbocycles. The second-order valence-electron chi connectivity index (χ2n) is 6.09. The van der Waals surface area contributed by atoms with Crippen molar-refractivity contribution >= 4 is 11.4 Å². The first-order valence-corrected chi connectivity index (χ1v) is 7.40. The van der Waals surface area contributed by atoms with Crippen molar-refractivity contribution < 1.29 is 5.11 Å². The van der Waals surface area contributed by atoms with E-state index in [1.54, 1.807) is 6.07 Å². The Morgan fingerprint density at radius 2 is 2.20 bits per heavy atom. The molecular weight excluding hydrogens is 250 g/mol. The summed E-state index contributed by atoms with van der Waals surface area (Å²) in [4.78, 5) is 2.24. The number of piperidine rings is 1. The van der Waals surface area contributed by atoms with Gasteiger partial charge in [0.1, 0.15) is 6.07 Å². The van der Waals surface area contributed by atoms with Gasteiger partial charge in [0.25, 0.3) is 0 Å². The number of nitrogens with zero attached hydrogens (tertiary/aromatic N) is 2. The molecule has 0 bridgehead atoms. The summed E-state index contributed by atoms with van der Waals surface area (Å²) in [7, 11) is 0. The highest BCUT2D eigenvalue weighted by Crippen LogP contribution is 2.41. The van der Waals surface area contributed by atoms with E-state index in [1.807, 2.05) is 12.1 Å². The van der Waals surface area contributed by atoms with Crippen LogP contribution in [0, 0.1) is 17.2 Å². The average molecular weight is 271 g/mol. The molecule has 1 saturated heterocycles. The highest BCUT2D eigenvalue weighted by molar-refractivity contribution is 5.74. The molecule has 0 aromatic heterocycles. The Labute approximate surface area is 119 Å². The standard InChI is InChI=1S/C16H21N3O/c17-10-12-4-3-6-14(15(12)18)19-9-8-16(20)7-2-1-5-13(16)11-19/h3-4,6,13,20H,1-2,5,7-9,11,18H2. The topological polar surface area (TPSA) is 73.3 Å². The number of nitriles is 1. The van der Waals surface area contributed by atoms with E-state index >= 15 is 0 Å². The van der Waals surface area contributed by atoms with Crippen LogP contribution in [-0.2, 0) is 0 Å². The van der Waals surface area contributed by atoms with Crippen molar-refractivity contribution in [1.29, 1.82) is 5.26 Å². The molecule has 1 aromatic rings. The zero-order chi connectivity index (χ0) is 14.2. The second-order valence-corrected chi connectivity index (χ2v) is 6.09. The SMILES string of the molecule is N#Cc1cccc(N2CCC3(O)CCCCC3C2)c1N. The summed E-state index contributed by atoms with van der Waals surface area (Å²) >= 11 is 0. The highest BCUT2D eigenvalue weighted by atomic mass is 16.3. The normalized spacial score (nSPS) is 29.6. The quantitative estimate of drug-likeness (QED) is 0.768. The minimum Gasteiger partial charge on any atom is -0.396 e. The Bertz CT molecular complexity index is 551. The molecule has 106 valence electrons. The number of benzene rings is 1. The van der Waals surface area contributed by atoms with Gasteiger partial charge in [-0.15, -0.1) is 0 Å². The maximum Gasteiger partial charge on any atom is 0.101 e. The number of fused-ring (bicyclic) bond motifs is 1. The van der Waals surface area contributed by atoms with Crippen LogP contribution >= 0.6 is 0 Å². The molecule has 1 aliphatic carbocycles. The van der Waals surface area contributed by atoms with E-state index in [2.05, 4.69) is 11.0 Å². The van der Waals surface area contributed by atoms with Crippen molar-refractivity contribution in [3.05, 3.63) is 23.8 Å². The number of rotatable bonds is 1. The molecule has 0 spiro atoms. The number of para-hydroxylation sites is 1. The zero-order valence-corrected chi connectivity index (χ0v) is 11.7. The van der Waals surface area contributed by atoms with Gasteiger partial charge in [0, 0.05) is 19.0 Å². The molecular formula is C16H21N3O. The average Bonchev–Trinajstić information content (AvgIpc) is 2.47. The lowest BCUT2D eigenvalue weighted by atomic mass is 9.71. The third kappa shape index (κ3) is 2.12. The first-order valence-electron chi connectivity index (χ1n) is 7.40. The fourth-order valence-corrected chi connectivity index (χ4v) is 3.72. The van der Waals surface area contributed by atoms with Crippen molar-refractivity contribution in [3.63, 3.8) is 0 Å². The Kier molecular flexibility index (Phi) is 3.31. The van der Waals surface area contributed by atoms with Crippen LogP contribution in [0.2, 0.25) is 0 Å². The van der Waals surface area contributed by atoms with E-state index in [0.29, 0.717) is 17.2 Å². The van der Waals surface area contributed by atoms with Gasteiger partial charge in [-0.25, -0.2) is 0 Å². The summed E-state index contributed by atoms with van der Waals surface area (Å²) in [6.45, 7) is 1.65. The second kappa shape index (κ2) is 4.99. The minimum atomic E-state index is -0.476. The number of anilines is 2. The predicted octanol–water partition coefficient (Wildman–Crippen LogP) is 2.27. The van der Waals surface area contributed by atoms with Gasteiger partial charge in [0.15, 0.2) is 0 Å². The van der Waals surface area contributed by atoms with Crippen LogP contribution in [0.3, 0.4) is 0 Å². The fourth-order valence-electron chi connectivity index (χ4n) is 3.72. The Balaban J connectivity index is 1.85. The first kappa shape index (κ1) is 13.3. The maximum atomic E-state index is 10.7. The summed E-state index contributed by atoms with van der Waals surface area (Å²) in [5.74, 6) is 0.329. The molecule has 2 unspecified atom stereocenters. The number of hydrogen-bond donors (Lipinski definition) is 2. The van der Waals surface area contributed by atoms with Gasteiger partial charge in [-0.1, -0.05) is 18.9 Å². The highest BCUT2D eigenvalue weighted by Gasteiger charge is 2.43. The third-order valence-corrected chi connectivity index (χ3v) is 4.97. The van der Waals surface area contributed by atoms with E-state index < -0.39 is 5.60 Å². The van der Waals surface area contributed by atoms with Gasteiger partial charge in [-0.3, -0.25) is 0 Å².